The largest absolute Gasteiger partial charge is 0.387 e. The monoisotopic (exact) mass is 214 g/mol. The number of hydrogen-bond donors (Lipinski definition) is 1. The zero-order chi connectivity index (χ0) is 11.5. The van der Waals surface area contributed by atoms with E-state index in [2.05, 4.69) is 49.2 Å². The number of fused-ring (bicyclic) bond motifs is 1. The van der Waals surface area contributed by atoms with Crippen LogP contribution in [0.15, 0.2) is 29.3 Å². The van der Waals surface area contributed by atoms with Crippen molar-refractivity contribution in [3.63, 3.8) is 0 Å². The van der Waals surface area contributed by atoms with Crippen LogP contribution in [0.1, 0.15) is 31.4 Å². The minimum absolute atomic E-state index is 0.667. The van der Waals surface area contributed by atoms with Gasteiger partial charge in [0.05, 0.1) is 5.69 Å². The first-order chi connectivity index (χ1) is 7.65. The lowest BCUT2D eigenvalue weighted by atomic mass is 10.0. The molecule has 1 aromatic carbocycles. The minimum Gasteiger partial charge on any atom is -0.387 e. The summed E-state index contributed by atoms with van der Waals surface area (Å²) in [6, 6.07) is 6.46. The van der Waals surface area contributed by atoms with Crippen molar-refractivity contribution in [2.45, 2.75) is 26.7 Å². The van der Waals surface area contributed by atoms with Gasteiger partial charge in [0.25, 0.3) is 0 Å². The highest BCUT2D eigenvalue weighted by Gasteiger charge is 2.06. The molecule has 2 nitrogen and oxygen atoms in total. The maximum Gasteiger partial charge on any atom is 0.103 e. The highest BCUT2D eigenvalue weighted by Crippen LogP contribution is 2.26. The molecule has 0 fully saturated rings. The van der Waals surface area contributed by atoms with Crippen LogP contribution in [-0.2, 0) is 6.42 Å². The van der Waals surface area contributed by atoms with Crippen LogP contribution < -0.4 is 5.73 Å². The molecule has 0 radical (unpaired) electrons. The quantitative estimate of drug-likeness (QED) is 0.806. The van der Waals surface area contributed by atoms with E-state index in [1.807, 2.05) is 0 Å². The van der Waals surface area contributed by atoms with E-state index in [4.69, 9.17) is 5.73 Å². The fourth-order valence-corrected chi connectivity index (χ4v) is 1.93. The Balaban J connectivity index is 2.37. The fraction of sp³-hybridized carbons (Fsp3) is 0.357. The highest BCUT2D eigenvalue weighted by atomic mass is 14.9. The first-order valence-electron chi connectivity index (χ1n) is 5.77. The van der Waals surface area contributed by atoms with Gasteiger partial charge in [-0.15, -0.1) is 0 Å². The molecule has 0 unspecified atom stereocenters. The molecular formula is C14H18N2. The first kappa shape index (κ1) is 10.9. The topological polar surface area (TPSA) is 38.4 Å². The second-order valence-electron chi connectivity index (χ2n) is 4.70. The molecule has 1 aromatic rings. The Morgan fingerprint density at radius 1 is 1.38 bits per heavy atom. The molecule has 1 heterocycles. The summed E-state index contributed by atoms with van der Waals surface area (Å²) >= 11 is 0. The average Bonchev–Trinajstić information content (AvgIpc) is 2.37. The van der Waals surface area contributed by atoms with Crippen molar-refractivity contribution >= 4 is 17.6 Å². The fourth-order valence-electron chi connectivity index (χ4n) is 1.93. The Morgan fingerprint density at radius 2 is 2.19 bits per heavy atom. The summed E-state index contributed by atoms with van der Waals surface area (Å²) in [6.07, 6.45) is 5.99. The molecule has 1 aliphatic rings. The highest BCUT2D eigenvalue weighted by molar-refractivity contribution is 5.88. The number of rotatable bonds is 2. The number of nitrogens with two attached hydrogens (primary N) is 1. The summed E-state index contributed by atoms with van der Waals surface area (Å²) in [5.74, 6) is 1.36. The van der Waals surface area contributed by atoms with Gasteiger partial charge in [0.2, 0.25) is 0 Å². The predicted octanol–water partition coefficient (Wildman–Crippen LogP) is 3.29. The zero-order valence-electron chi connectivity index (χ0n) is 9.90. The van der Waals surface area contributed by atoms with Gasteiger partial charge in [0.1, 0.15) is 5.84 Å². The standard InChI is InChI=1S/C14H18N2/c1-10(2)8-11-6-7-12-4-3-5-14(15)16-13(12)9-11/h3-4,6-7,9-10H,5,8H2,1-2H3,(H2,15,16). The second-order valence-corrected chi connectivity index (χ2v) is 4.70. The average molecular weight is 214 g/mol. The van der Waals surface area contributed by atoms with Gasteiger partial charge >= 0.3 is 0 Å². The molecule has 2 rings (SSSR count). The molecule has 0 amide bonds. The SMILES string of the molecule is CC(C)Cc1ccc2c(c1)N=C(N)CC=C2. The number of aliphatic imine (C=N–C) groups is 1. The van der Waals surface area contributed by atoms with Gasteiger partial charge in [-0.3, -0.25) is 0 Å². The van der Waals surface area contributed by atoms with Crippen LogP contribution in [0, 0.1) is 5.92 Å². The number of benzene rings is 1. The number of hydrogen-bond acceptors (Lipinski definition) is 2. The molecule has 2 heteroatoms. The summed E-state index contributed by atoms with van der Waals surface area (Å²) in [5.41, 5.74) is 9.30. The summed E-state index contributed by atoms with van der Waals surface area (Å²) < 4.78 is 0. The van der Waals surface area contributed by atoms with Crippen molar-refractivity contribution in [3.05, 3.63) is 35.4 Å². The third kappa shape index (κ3) is 2.51. The van der Waals surface area contributed by atoms with Gasteiger partial charge in [-0.05, 0) is 29.5 Å². The Kier molecular flexibility index (Phi) is 3.09. The van der Waals surface area contributed by atoms with Crippen LogP contribution in [0.2, 0.25) is 0 Å². The number of nitrogens with zero attached hydrogens (tertiary/aromatic N) is 1. The molecule has 2 N–H and O–H groups in total. The van der Waals surface area contributed by atoms with Crippen LogP contribution in [-0.4, -0.2) is 5.84 Å². The molecule has 0 aromatic heterocycles. The van der Waals surface area contributed by atoms with E-state index in [1.165, 1.54) is 5.56 Å². The Morgan fingerprint density at radius 3 is 2.94 bits per heavy atom. The van der Waals surface area contributed by atoms with Crippen molar-refractivity contribution < 1.29 is 0 Å². The molecular weight excluding hydrogens is 196 g/mol. The van der Waals surface area contributed by atoms with E-state index >= 15 is 0 Å². The lowest BCUT2D eigenvalue weighted by molar-refractivity contribution is 0.647. The first-order valence-corrected chi connectivity index (χ1v) is 5.77. The van der Waals surface area contributed by atoms with Gasteiger partial charge in [0.15, 0.2) is 0 Å². The normalized spacial score (nSPS) is 14.6. The summed E-state index contributed by atoms with van der Waals surface area (Å²) in [5, 5.41) is 0. The van der Waals surface area contributed by atoms with Crippen molar-refractivity contribution in [1.29, 1.82) is 0 Å². The van der Waals surface area contributed by atoms with Crippen LogP contribution in [0.4, 0.5) is 5.69 Å². The molecule has 0 saturated heterocycles. The Labute approximate surface area is 96.9 Å². The van der Waals surface area contributed by atoms with E-state index in [9.17, 15) is 0 Å². The van der Waals surface area contributed by atoms with E-state index in [-0.39, 0.29) is 0 Å². The van der Waals surface area contributed by atoms with Gasteiger partial charge in [-0.2, -0.15) is 0 Å². The lowest BCUT2D eigenvalue weighted by Gasteiger charge is -2.07. The van der Waals surface area contributed by atoms with Crippen molar-refractivity contribution in [2.24, 2.45) is 16.6 Å². The molecule has 0 saturated carbocycles. The third-order valence-electron chi connectivity index (χ3n) is 2.63. The van der Waals surface area contributed by atoms with Crippen molar-refractivity contribution in [2.75, 3.05) is 0 Å². The Bertz CT molecular complexity index is 442. The molecule has 0 atom stereocenters. The summed E-state index contributed by atoms with van der Waals surface area (Å²) in [6.45, 7) is 4.45. The van der Waals surface area contributed by atoms with Gasteiger partial charge in [-0.1, -0.05) is 38.1 Å². The number of amidine groups is 1. The smallest absolute Gasteiger partial charge is 0.103 e. The summed E-state index contributed by atoms with van der Waals surface area (Å²) in [4.78, 5) is 4.44. The van der Waals surface area contributed by atoms with Gasteiger partial charge in [0, 0.05) is 6.42 Å². The van der Waals surface area contributed by atoms with Gasteiger partial charge < -0.3 is 5.73 Å². The predicted molar refractivity (Wildman–Crippen MR) is 69.9 cm³/mol. The van der Waals surface area contributed by atoms with Gasteiger partial charge in [-0.25, -0.2) is 4.99 Å². The second kappa shape index (κ2) is 4.52. The maximum atomic E-state index is 5.80. The molecule has 0 spiro atoms. The van der Waals surface area contributed by atoms with Crippen LogP contribution >= 0.6 is 0 Å². The molecule has 0 bridgehead atoms. The zero-order valence-corrected chi connectivity index (χ0v) is 9.90. The van der Waals surface area contributed by atoms with E-state index < -0.39 is 0 Å². The minimum atomic E-state index is 0.667. The summed E-state index contributed by atoms with van der Waals surface area (Å²) in [7, 11) is 0. The third-order valence-corrected chi connectivity index (χ3v) is 2.63. The molecule has 16 heavy (non-hydrogen) atoms. The van der Waals surface area contributed by atoms with E-state index in [0.717, 1.165) is 24.1 Å². The van der Waals surface area contributed by atoms with Crippen LogP contribution in [0.5, 0.6) is 0 Å². The van der Waals surface area contributed by atoms with Crippen LogP contribution in [0.25, 0.3) is 6.08 Å². The maximum absolute atomic E-state index is 5.80. The Hall–Kier alpha value is -1.57. The van der Waals surface area contributed by atoms with E-state index in [1.54, 1.807) is 0 Å². The van der Waals surface area contributed by atoms with Crippen molar-refractivity contribution in [3.8, 4) is 0 Å². The van der Waals surface area contributed by atoms with Crippen LogP contribution in [0.3, 0.4) is 0 Å². The lowest BCUT2D eigenvalue weighted by Crippen LogP contribution is -2.08. The van der Waals surface area contributed by atoms with E-state index in [0.29, 0.717) is 11.8 Å². The molecule has 1 aliphatic heterocycles. The molecule has 0 aliphatic carbocycles. The molecule has 84 valence electrons. The van der Waals surface area contributed by atoms with Crippen molar-refractivity contribution in [1.82, 2.24) is 0 Å².